The minimum absolute atomic E-state index is 0.0879. The largest absolute Gasteiger partial charge is 0.485 e. The molecule has 21 heavy (non-hydrogen) atoms. The highest BCUT2D eigenvalue weighted by atomic mass is 16.5. The van der Waals surface area contributed by atoms with E-state index in [1.165, 1.54) is 18.5 Å². The van der Waals surface area contributed by atoms with E-state index in [1.54, 1.807) is 0 Å². The van der Waals surface area contributed by atoms with E-state index >= 15 is 0 Å². The Balaban J connectivity index is 1.84. The first-order chi connectivity index (χ1) is 10.1. The van der Waals surface area contributed by atoms with Gasteiger partial charge in [-0.1, -0.05) is 6.07 Å². The Bertz CT molecular complexity index is 811. The van der Waals surface area contributed by atoms with Crippen LogP contribution in [0.3, 0.4) is 0 Å². The van der Waals surface area contributed by atoms with Gasteiger partial charge in [0.2, 0.25) is 0 Å². The number of hydrogen-bond donors (Lipinski definition) is 1. The Kier molecular flexibility index (Phi) is 3.27. The van der Waals surface area contributed by atoms with Gasteiger partial charge in [0.05, 0.1) is 11.9 Å². The molecule has 3 aromatic rings. The third-order valence-corrected chi connectivity index (χ3v) is 3.12. The zero-order chi connectivity index (χ0) is 14.8. The van der Waals surface area contributed by atoms with Crippen molar-refractivity contribution in [3.05, 3.63) is 59.8 Å². The monoisotopic (exact) mass is 283 g/mol. The van der Waals surface area contributed by atoms with E-state index in [1.807, 2.05) is 35.9 Å². The first-order valence-electron chi connectivity index (χ1n) is 6.38. The van der Waals surface area contributed by atoms with Crippen LogP contribution in [-0.4, -0.2) is 25.4 Å². The van der Waals surface area contributed by atoms with Gasteiger partial charge >= 0.3 is 5.97 Å². The lowest BCUT2D eigenvalue weighted by Crippen LogP contribution is -2.04. The summed E-state index contributed by atoms with van der Waals surface area (Å²) in [4.78, 5) is 19.4. The summed E-state index contributed by atoms with van der Waals surface area (Å²) in [7, 11) is 0. The number of hydrogen-bond acceptors (Lipinski definition) is 4. The molecule has 0 radical (unpaired) electrons. The molecule has 6 heteroatoms. The van der Waals surface area contributed by atoms with Crippen LogP contribution in [0.2, 0.25) is 0 Å². The number of rotatable bonds is 4. The van der Waals surface area contributed by atoms with Gasteiger partial charge in [0.25, 0.3) is 0 Å². The summed E-state index contributed by atoms with van der Waals surface area (Å²) in [6, 6.07) is 5.33. The summed E-state index contributed by atoms with van der Waals surface area (Å²) >= 11 is 0. The van der Waals surface area contributed by atoms with Gasteiger partial charge in [0.1, 0.15) is 17.8 Å². The molecule has 0 aromatic carbocycles. The fourth-order valence-electron chi connectivity index (χ4n) is 2.10. The third kappa shape index (κ3) is 2.55. The quantitative estimate of drug-likeness (QED) is 0.795. The van der Waals surface area contributed by atoms with Crippen LogP contribution in [0.25, 0.3) is 5.65 Å². The van der Waals surface area contributed by atoms with Crippen molar-refractivity contribution in [2.45, 2.75) is 13.5 Å². The van der Waals surface area contributed by atoms with Gasteiger partial charge in [-0.3, -0.25) is 4.98 Å². The van der Waals surface area contributed by atoms with E-state index < -0.39 is 5.97 Å². The number of carboxylic acids is 1. The normalized spacial score (nSPS) is 10.7. The summed E-state index contributed by atoms with van der Waals surface area (Å²) in [5.74, 6) is -0.808. The average Bonchev–Trinajstić information content (AvgIpc) is 2.90. The van der Waals surface area contributed by atoms with E-state index in [0.29, 0.717) is 0 Å². The summed E-state index contributed by atoms with van der Waals surface area (Å²) in [6.45, 7) is 2.17. The molecule has 0 atom stereocenters. The molecule has 3 heterocycles. The van der Waals surface area contributed by atoms with Gasteiger partial charge in [-0.15, -0.1) is 0 Å². The second-order valence-corrected chi connectivity index (χ2v) is 4.62. The van der Waals surface area contributed by atoms with Crippen LogP contribution in [0.1, 0.15) is 21.6 Å². The average molecular weight is 283 g/mol. The number of pyridine rings is 2. The molecule has 3 aromatic heterocycles. The molecular weight excluding hydrogens is 270 g/mol. The first kappa shape index (κ1) is 13.1. The Morgan fingerprint density at radius 1 is 1.43 bits per heavy atom. The van der Waals surface area contributed by atoms with E-state index in [0.717, 1.165) is 16.9 Å². The van der Waals surface area contributed by atoms with Crippen molar-refractivity contribution >= 4 is 11.6 Å². The van der Waals surface area contributed by atoms with Gasteiger partial charge in [-0.05, 0) is 24.6 Å². The van der Waals surface area contributed by atoms with Crippen molar-refractivity contribution < 1.29 is 14.6 Å². The minimum Gasteiger partial charge on any atom is -0.485 e. The summed E-state index contributed by atoms with van der Waals surface area (Å²) < 4.78 is 7.45. The van der Waals surface area contributed by atoms with Crippen molar-refractivity contribution in [3.8, 4) is 5.75 Å². The van der Waals surface area contributed by atoms with Gasteiger partial charge in [0.15, 0.2) is 5.75 Å². The molecule has 0 saturated heterocycles. The maximum absolute atomic E-state index is 11.1. The SMILES string of the molecule is Cc1cccn2cc(COc3cnccc3C(=O)O)nc12. The molecule has 0 unspecified atom stereocenters. The van der Waals surface area contributed by atoms with Gasteiger partial charge in [-0.25, -0.2) is 9.78 Å². The number of fused-ring (bicyclic) bond motifs is 1. The smallest absolute Gasteiger partial charge is 0.339 e. The lowest BCUT2D eigenvalue weighted by molar-refractivity contribution is 0.0691. The van der Waals surface area contributed by atoms with Crippen LogP contribution in [0, 0.1) is 6.92 Å². The lowest BCUT2D eigenvalue weighted by atomic mass is 10.2. The molecule has 0 spiro atoms. The number of carboxylic acid groups (broad SMARTS) is 1. The molecule has 0 aliphatic carbocycles. The molecule has 0 aliphatic rings. The predicted octanol–water partition coefficient (Wildman–Crippen LogP) is 2.31. The number of ether oxygens (including phenoxy) is 1. The Morgan fingerprint density at radius 2 is 2.29 bits per heavy atom. The summed E-state index contributed by atoms with van der Waals surface area (Å²) in [5.41, 5.74) is 2.74. The number of imidazole rings is 1. The Morgan fingerprint density at radius 3 is 3.05 bits per heavy atom. The number of carbonyl (C=O) groups is 1. The van der Waals surface area contributed by atoms with E-state index in [9.17, 15) is 4.79 Å². The number of aryl methyl sites for hydroxylation is 1. The second-order valence-electron chi connectivity index (χ2n) is 4.62. The van der Waals surface area contributed by atoms with Gasteiger partial charge in [-0.2, -0.15) is 0 Å². The van der Waals surface area contributed by atoms with Crippen LogP contribution in [0.4, 0.5) is 0 Å². The fourth-order valence-corrected chi connectivity index (χ4v) is 2.10. The first-order valence-corrected chi connectivity index (χ1v) is 6.38. The Labute approximate surface area is 120 Å². The predicted molar refractivity (Wildman–Crippen MR) is 75.5 cm³/mol. The highest BCUT2D eigenvalue weighted by Crippen LogP contribution is 2.18. The maximum Gasteiger partial charge on any atom is 0.339 e. The van der Waals surface area contributed by atoms with E-state index in [2.05, 4.69) is 9.97 Å². The lowest BCUT2D eigenvalue weighted by Gasteiger charge is -2.06. The zero-order valence-corrected chi connectivity index (χ0v) is 11.4. The molecule has 0 aliphatic heterocycles. The zero-order valence-electron chi connectivity index (χ0n) is 11.4. The van der Waals surface area contributed by atoms with Crippen LogP contribution in [-0.2, 0) is 6.61 Å². The number of aromatic carboxylic acids is 1. The molecule has 106 valence electrons. The Hall–Kier alpha value is -2.89. The standard InChI is InChI=1S/C15H13N3O3/c1-10-3-2-6-18-8-11(17-14(10)18)9-21-13-7-16-5-4-12(13)15(19)20/h2-8H,9H2,1H3,(H,19,20). The molecule has 1 N–H and O–H groups in total. The van der Waals surface area contributed by atoms with Crippen molar-refractivity contribution in [3.63, 3.8) is 0 Å². The van der Waals surface area contributed by atoms with E-state index in [-0.39, 0.29) is 17.9 Å². The molecule has 0 bridgehead atoms. The molecule has 0 amide bonds. The highest BCUT2D eigenvalue weighted by molar-refractivity contribution is 5.90. The fraction of sp³-hybridized carbons (Fsp3) is 0.133. The van der Waals surface area contributed by atoms with Gasteiger partial charge < -0.3 is 14.2 Å². The molecule has 0 saturated carbocycles. The summed E-state index contributed by atoms with van der Waals surface area (Å²) in [6.07, 6.45) is 6.58. The van der Waals surface area contributed by atoms with Crippen molar-refractivity contribution in [2.75, 3.05) is 0 Å². The van der Waals surface area contributed by atoms with E-state index in [4.69, 9.17) is 9.84 Å². The van der Waals surface area contributed by atoms with Crippen LogP contribution in [0.5, 0.6) is 5.75 Å². The summed E-state index contributed by atoms with van der Waals surface area (Å²) in [5, 5.41) is 9.09. The van der Waals surface area contributed by atoms with Crippen LogP contribution < -0.4 is 4.74 Å². The molecule has 6 nitrogen and oxygen atoms in total. The second kappa shape index (κ2) is 5.24. The van der Waals surface area contributed by atoms with Crippen LogP contribution in [0.15, 0.2) is 43.0 Å². The van der Waals surface area contributed by atoms with Crippen molar-refractivity contribution in [1.29, 1.82) is 0 Å². The number of aromatic nitrogens is 3. The van der Waals surface area contributed by atoms with Crippen LogP contribution >= 0.6 is 0 Å². The maximum atomic E-state index is 11.1. The minimum atomic E-state index is -1.04. The topological polar surface area (TPSA) is 76.7 Å². The van der Waals surface area contributed by atoms with Crippen molar-refractivity contribution in [1.82, 2.24) is 14.4 Å². The van der Waals surface area contributed by atoms with Crippen molar-refractivity contribution in [2.24, 2.45) is 0 Å². The third-order valence-electron chi connectivity index (χ3n) is 3.12. The molecular formula is C15H13N3O3. The molecule has 0 fully saturated rings. The number of nitrogens with zero attached hydrogens (tertiary/aromatic N) is 3. The van der Waals surface area contributed by atoms with Gasteiger partial charge in [0, 0.05) is 18.6 Å². The highest BCUT2D eigenvalue weighted by Gasteiger charge is 2.12. The molecule has 3 rings (SSSR count).